The molecule has 0 saturated heterocycles. The first-order valence-electron chi connectivity index (χ1n) is 6.89. The molecule has 0 aliphatic carbocycles. The van der Waals surface area contributed by atoms with Crippen LogP contribution in [0.2, 0.25) is 0 Å². The Morgan fingerprint density at radius 2 is 1.78 bits per heavy atom. The molecule has 23 heavy (non-hydrogen) atoms. The molecule has 0 heterocycles. The molecule has 2 rings (SSSR count). The van der Waals surface area contributed by atoms with Crippen LogP contribution >= 0.6 is 11.8 Å². The highest BCUT2D eigenvalue weighted by molar-refractivity contribution is 8.00. The highest BCUT2D eigenvalue weighted by atomic mass is 32.2. The van der Waals surface area contributed by atoms with Gasteiger partial charge < -0.3 is 5.11 Å². The first kappa shape index (κ1) is 16.8. The van der Waals surface area contributed by atoms with Crippen LogP contribution in [0.5, 0.6) is 0 Å². The lowest BCUT2D eigenvalue weighted by atomic mass is 10.1. The molecule has 0 bridgehead atoms. The van der Waals surface area contributed by atoms with Crippen LogP contribution in [0.3, 0.4) is 0 Å². The van der Waals surface area contributed by atoms with Crippen LogP contribution in [0.4, 0.5) is 0 Å². The fraction of sp³-hybridized carbons (Fsp3) is 0.118. The molecule has 2 aromatic carbocycles. The van der Waals surface area contributed by atoms with Crippen LogP contribution in [-0.4, -0.2) is 29.0 Å². The number of rotatable bonds is 6. The van der Waals surface area contributed by atoms with E-state index in [2.05, 4.69) is 10.5 Å². The number of carbonyl (C=O) groups excluding carboxylic acids is 1. The van der Waals surface area contributed by atoms with Crippen LogP contribution in [0.25, 0.3) is 0 Å². The van der Waals surface area contributed by atoms with Gasteiger partial charge in [0.15, 0.2) is 0 Å². The Kier molecular flexibility index (Phi) is 5.94. The van der Waals surface area contributed by atoms with Gasteiger partial charge >= 0.3 is 5.97 Å². The van der Waals surface area contributed by atoms with Gasteiger partial charge in [0.2, 0.25) is 5.91 Å². The first-order valence-corrected chi connectivity index (χ1v) is 7.88. The Labute approximate surface area is 138 Å². The number of nitrogens with zero attached hydrogens (tertiary/aromatic N) is 1. The maximum Gasteiger partial charge on any atom is 0.335 e. The molecule has 0 atom stereocenters. The van der Waals surface area contributed by atoms with Crippen molar-refractivity contribution in [2.45, 2.75) is 11.8 Å². The van der Waals surface area contributed by atoms with Crippen molar-refractivity contribution in [1.29, 1.82) is 0 Å². The minimum atomic E-state index is -0.977. The molecule has 118 valence electrons. The second kappa shape index (κ2) is 8.14. The molecular formula is C17H16N2O3S. The van der Waals surface area contributed by atoms with Gasteiger partial charge in [0, 0.05) is 4.90 Å². The minimum Gasteiger partial charge on any atom is -0.478 e. The van der Waals surface area contributed by atoms with E-state index in [4.69, 9.17) is 5.11 Å². The van der Waals surface area contributed by atoms with E-state index in [9.17, 15) is 9.59 Å². The highest BCUT2D eigenvalue weighted by Crippen LogP contribution is 2.17. The van der Waals surface area contributed by atoms with Crippen molar-refractivity contribution in [2.24, 2.45) is 5.10 Å². The van der Waals surface area contributed by atoms with Crippen molar-refractivity contribution in [3.8, 4) is 0 Å². The lowest BCUT2D eigenvalue weighted by molar-refractivity contribution is -0.118. The van der Waals surface area contributed by atoms with Crippen molar-refractivity contribution >= 4 is 29.9 Å². The van der Waals surface area contributed by atoms with E-state index in [1.165, 1.54) is 35.7 Å². The lowest BCUT2D eigenvalue weighted by Gasteiger charge is -2.01. The molecule has 0 aliphatic heterocycles. The quantitative estimate of drug-likeness (QED) is 0.485. The van der Waals surface area contributed by atoms with Gasteiger partial charge in [0.25, 0.3) is 0 Å². The molecule has 0 spiro atoms. The molecule has 2 aromatic rings. The third-order valence-electron chi connectivity index (χ3n) is 2.95. The van der Waals surface area contributed by atoms with E-state index in [1.54, 1.807) is 12.1 Å². The Balaban J connectivity index is 1.79. The number of carboxylic acid groups (broad SMARTS) is 1. The molecule has 2 N–H and O–H groups in total. The summed E-state index contributed by atoms with van der Waals surface area (Å²) in [6, 6.07) is 14.2. The summed E-state index contributed by atoms with van der Waals surface area (Å²) in [6.45, 7) is 2.01. The first-order chi connectivity index (χ1) is 11.0. The van der Waals surface area contributed by atoms with Crippen LogP contribution < -0.4 is 5.43 Å². The monoisotopic (exact) mass is 328 g/mol. The second-order valence-electron chi connectivity index (χ2n) is 4.82. The molecule has 1 amide bonds. The maximum atomic E-state index is 11.7. The van der Waals surface area contributed by atoms with Gasteiger partial charge in [-0.2, -0.15) is 5.10 Å². The third kappa shape index (κ3) is 5.60. The minimum absolute atomic E-state index is 0.200. The zero-order valence-electron chi connectivity index (χ0n) is 12.5. The molecule has 6 heteroatoms. The smallest absolute Gasteiger partial charge is 0.335 e. The fourth-order valence-corrected chi connectivity index (χ4v) is 2.40. The van der Waals surface area contributed by atoms with Gasteiger partial charge in [-0.3, -0.25) is 4.79 Å². The normalized spacial score (nSPS) is 10.7. The van der Waals surface area contributed by atoms with Crippen molar-refractivity contribution in [3.63, 3.8) is 0 Å². The van der Waals surface area contributed by atoms with Crippen molar-refractivity contribution in [1.82, 2.24) is 5.43 Å². The summed E-state index contributed by atoms with van der Waals surface area (Å²) in [7, 11) is 0. The van der Waals surface area contributed by atoms with Crippen LogP contribution in [-0.2, 0) is 4.79 Å². The third-order valence-corrected chi connectivity index (χ3v) is 3.96. The average Bonchev–Trinajstić information content (AvgIpc) is 2.55. The summed E-state index contributed by atoms with van der Waals surface area (Å²) in [5, 5.41) is 12.7. The number of benzene rings is 2. The number of hydrogen-bond donors (Lipinski definition) is 2. The molecule has 0 aromatic heterocycles. The SMILES string of the molecule is Cc1ccc(SCC(=O)N/N=C\c2ccc(C(=O)O)cc2)cc1. The number of aryl methyl sites for hydroxylation is 1. The second-order valence-corrected chi connectivity index (χ2v) is 5.87. The van der Waals surface area contributed by atoms with Crippen molar-refractivity contribution < 1.29 is 14.7 Å². The Morgan fingerprint density at radius 3 is 2.39 bits per heavy atom. The highest BCUT2D eigenvalue weighted by Gasteiger charge is 2.02. The summed E-state index contributed by atoms with van der Waals surface area (Å²) in [4.78, 5) is 23.5. The van der Waals surface area contributed by atoms with Crippen molar-refractivity contribution in [2.75, 3.05) is 5.75 Å². The van der Waals surface area contributed by atoms with Gasteiger partial charge in [-0.25, -0.2) is 10.2 Å². The Morgan fingerprint density at radius 1 is 1.13 bits per heavy atom. The number of carboxylic acids is 1. The zero-order chi connectivity index (χ0) is 16.7. The summed E-state index contributed by atoms with van der Waals surface area (Å²) < 4.78 is 0. The average molecular weight is 328 g/mol. The topological polar surface area (TPSA) is 78.8 Å². The number of hydrogen-bond acceptors (Lipinski definition) is 4. The Hall–Kier alpha value is -2.60. The van der Waals surface area contributed by atoms with Crippen LogP contribution in [0, 0.1) is 6.92 Å². The molecular weight excluding hydrogens is 312 g/mol. The lowest BCUT2D eigenvalue weighted by Crippen LogP contribution is -2.19. The number of aromatic carboxylic acids is 1. The Bertz CT molecular complexity index is 710. The van der Waals surface area contributed by atoms with Gasteiger partial charge in [0.1, 0.15) is 0 Å². The molecule has 0 aliphatic rings. The van der Waals surface area contributed by atoms with Gasteiger partial charge in [-0.05, 0) is 36.8 Å². The summed E-state index contributed by atoms with van der Waals surface area (Å²) in [5.41, 5.74) is 4.54. The largest absolute Gasteiger partial charge is 0.478 e. The predicted molar refractivity (Wildman–Crippen MR) is 91.0 cm³/mol. The standard InChI is InChI=1S/C17H16N2O3S/c1-12-2-8-15(9-3-12)23-11-16(20)19-18-10-13-4-6-14(7-5-13)17(21)22/h2-10H,11H2,1H3,(H,19,20)(H,21,22)/b18-10-. The van der Waals surface area contributed by atoms with E-state index < -0.39 is 5.97 Å². The van der Waals surface area contributed by atoms with E-state index in [0.29, 0.717) is 5.56 Å². The number of thioether (sulfide) groups is 1. The van der Waals surface area contributed by atoms with Crippen LogP contribution in [0.15, 0.2) is 58.5 Å². The van der Waals surface area contributed by atoms with Crippen LogP contribution in [0.1, 0.15) is 21.5 Å². The summed E-state index contributed by atoms with van der Waals surface area (Å²) in [6.07, 6.45) is 1.47. The summed E-state index contributed by atoms with van der Waals surface area (Å²) >= 11 is 1.44. The van der Waals surface area contributed by atoms with Gasteiger partial charge in [-0.1, -0.05) is 29.8 Å². The number of nitrogens with one attached hydrogen (secondary N) is 1. The number of carbonyl (C=O) groups is 2. The molecule has 0 radical (unpaired) electrons. The number of amides is 1. The maximum absolute atomic E-state index is 11.7. The zero-order valence-corrected chi connectivity index (χ0v) is 13.3. The predicted octanol–water partition coefficient (Wildman–Crippen LogP) is 2.94. The molecule has 0 unspecified atom stereocenters. The van der Waals surface area contributed by atoms with Gasteiger partial charge in [-0.15, -0.1) is 11.8 Å². The molecule has 0 fully saturated rings. The van der Waals surface area contributed by atoms with Gasteiger partial charge in [0.05, 0.1) is 17.5 Å². The van der Waals surface area contributed by atoms with E-state index in [-0.39, 0.29) is 17.2 Å². The summed E-state index contributed by atoms with van der Waals surface area (Å²) in [5.74, 6) is -0.901. The van der Waals surface area contributed by atoms with E-state index in [1.807, 2.05) is 31.2 Å². The fourth-order valence-electron chi connectivity index (χ4n) is 1.71. The molecule has 5 nitrogen and oxygen atoms in total. The van der Waals surface area contributed by atoms with Crippen molar-refractivity contribution in [3.05, 3.63) is 65.2 Å². The van der Waals surface area contributed by atoms with E-state index in [0.717, 1.165) is 4.90 Å². The van der Waals surface area contributed by atoms with E-state index >= 15 is 0 Å². The molecule has 0 saturated carbocycles. The number of hydrazone groups is 1.